The summed E-state index contributed by atoms with van der Waals surface area (Å²) in [6.07, 6.45) is 0. The number of fused-ring (bicyclic) bond motifs is 1. The van der Waals surface area contributed by atoms with Crippen molar-refractivity contribution < 1.29 is 4.74 Å². The Morgan fingerprint density at radius 1 is 1.21 bits per heavy atom. The number of ether oxygens (including phenoxy) is 1. The van der Waals surface area contributed by atoms with Gasteiger partial charge in [-0.1, -0.05) is 28.1 Å². The van der Waals surface area contributed by atoms with E-state index in [1.807, 2.05) is 37.3 Å². The second-order valence-corrected chi connectivity index (χ2v) is 6.01. The van der Waals surface area contributed by atoms with E-state index < -0.39 is 0 Å². The number of halogens is 1. The maximum Gasteiger partial charge on any atom is 0.129 e. The number of nitrogens with zero attached hydrogens (tertiary/aromatic N) is 1. The predicted molar refractivity (Wildman–Crippen MR) is 83.9 cm³/mol. The first kappa shape index (κ1) is 12.6. The fourth-order valence-electron chi connectivity index (χ4n) is 1.94. The van der Waals surface area contributed by atoms with Crippen molar-refractivity contribution in [2.45, 2.75) is 6.92 Å². The minimum Gasteiger partial charge on any atom is -0.493 e. The summed E-state index contributed by atoms with van der Waals surface area (Å²) in [5, 5.41) is 0.992. The average molecular weight is 334 g/mol. The van der Waals surface area contributed by atoms with Crippen LogP contribution in [0.4, 0.5) is 0 Å². The van der Waals surface area contributed by atoms with Crippen molar-refractivity contribution >= 4 is 37.5 Å². The Labute approximate surface area is 124 Å². The largest absolute Gasteiger partial charge is 0.493 e. The molecule has 0 atom stereocenters. The number of aromatic nitrogens is 1. The molecule has 3 rings (SSSR count). The predicted octanol–water partition coefficient (Wildman–Crippen LogP) is 5.12. The Balaban J connectivity index is 2.16. The minimum absolute atomic E-state index is 0.652. The number of hydrogen-bond acceptors (Lipinski definition) is 3. The highest BCUT2D eigenvalue weighted by Crippen LogP contribution is 2.37. The molecule has 0 fully saturated rings. The third-order valence-corrected chi connectivity index (χ3v) is 4.33. The summed E-state index contributed by atoms with van der Waals surface area (Å²) < 4.78 is 7.92. The Morgan fingerprint density at radius 2 is 2.05 bits per heavy atom. The van der Waals surface area contributed by atoms with Crippen LogP contribution in [0.15, 0.2) is 46.9 Å². The van der Waals surface area contributed by atoms with Crippen LogP contribution in [0.3, 0.4) is 0 Å². The average Bonchev–Trinajstić information content (AvgIpc) is 2.84. The molecule has 0 N–H and O–H groups in total. The Hall–Kier alpha value is -1.39. The number of rotatable bonds is 3. The molecule has 0 aliphatic carbocycles. The van der Waals surface area contributed by atoms with Crippen LogP contribution in [-0.2, 0) is 0 Å². The third-order valence-electron chi connectivity index (χ3n) is 2.77. The normalized spacial score (nSPS) is 10.8. The molecule has 2 aromatic carbocycles. The molecular formula is C15H12BrNOS. The van der Waals surface area contributed by atoms with Gasteiger partial charge in [-0.05, 0) is 37.3 Å². The van der Waals surface area contributed by atoms with Crippen LogP contribution in [0.1, 0.15) is 6.92 Å². The van der Waals surface area contributed by atoms with Gasteiger partial charge in [-0.3, -0.25) is 0 Å². The van der Waals surface area contributed by atoms with Gasteiger partial charge in [0.2, 0.25) is 0 Å². The van der Waals surface area contributed by atoms with Gasteiger partial charge in [-0.15, -0.1) is 11.3 Å². The van der Waals surface area contributed by atoms with E-state index in [1.54, 1.807) is 11.3 Å². The Morgan fingerprint density at radius 3 is 2.84 bits per heavy atom. The van der Waals surface area contributed by atoms with Crippen LogP contribution in [0, 0.1) is 0 Å². The lowest BCUT2D eigenvalue weighted by Gasteiger charge is -2.08. The number of benzene rings is 2. The summed E-state index contributed by atoms with van der Waals surface area (Å²) in [6, 6.07) is 14.2. The van der Waals surface area contributed by atoms with Crippen molar-refractivity contribution in [3.05, 3.63) is 46.9 Å². The Bertz CT molecular complexity index is 690. The summed E-state index contributed by atoms with van der Waals surface area (Å²) in [5.41, 5.74) is 2.07. The summed E-state index contributed by atoms with van der Waals surface area (Å²) in [5.74, 6) is 0.879. The van der Waals surface area contributed by atoms with Gasteiger partial charge >= 0.3 is 0 Å². The lowest BCUT2D eigenvalue weighted by molar-refractivity contribution is 0.341. The highest BCUT2D eigenvalue weighted by atomic mass is 79.9. The second-order valence-electron chi connectivity index (χ2n) is 4.06. The Kier molecular flexibility index (Phi) is 3.53. The molecule has 0 saturated heterocycles. The zero-order valence-electron chi connectivity index (χ0n) is 10.4. The molecule has 3 aromatic rings. The molecule has 0 unspecified atom stereocenters. The molecule has 2 nitrogen and oxygen atoms in total. The summed E-state index contributed by atoms with van der Waals surface area (Å²) >= 11 is 5.20. The smallest absolute Gasteiger partial charge is 0.129 e. The molecule has 0 aliphatic rings. The van der Waals surface area contributed by atoms with E-state index in [2.05, 4.69) is 33.0 Å². The van der Waals surface area contributed by atoms with Gasteiger partial charge in [0, 0.05) is 4.47 Å². The van der Waals surface area contributed by atoms with Gasteiger partial charge in [0.1, 0.15) is 10.8 Å². The molecule has 96 valence electrons. The van der Waals surface area contributed by atoms with Gasteiger partial charge in [-0.25, -0.2) is 4.98 Å². The van der Waals surface area contributed by atoms with E-state index in [4.69, 9.17) is 4.74 Å². The van der Waals surface area contributed by atoms with E-state index in [9.17, 15) is 0 Å². The van der Waals surface area contributed by atoms with E-state index in [-0.39, 0.29) is 0 Å². The highest BCUT2D eigenvalue weighted by molar-refractivity contribution is 9.10. The molecule has 0 spiro atoms. The highest BCUT2D eigenvalue weighted by Gasteiger charge is 2.11. The standard InChI is InChI=1S/C15H12BrNOS/c1-2-18-13-8-7-10(16)9-11(13)15-17-12-5-3-4-6-14(12)19-15/h3-9H,2H2,1H3. The molecule has 0 radical (unpaired) electrons. The zero-order chi connectivity index (χ0) is 13.2. The van der Waals surface area contributed by atoms with Crippen LogP contribution in [0.2, 0.25) is 0 Å². The van der Waals surface area contributed by atoms with Crippen LogP contribution < -0.4 is 4.74 Å². The van der Waals surface area contributed by atoms with Gasteiger partial charge in [0.05, 0.1) is 22.4 Å². The van der Waals surface area contributed by atoms with Crippen molar-refractivity contribution in [3.8, 4) is 16.3 Å². The summed E-state index contributed by atoms with van der Waals surface area (Å²) in [7, 11) is 0. The van der Waals surface area contributed by atoms with Crippen molar-refractivity contribution in [2.75, 3.05) is 6.61 Å². The van der Waals surface area contributed by atoms with Crippen molar-refractivity contribution in [2.24, 2.45) is 0 Å². The monoisotopic (exact) mass is 333 g/mol. The quantitative estimate of drug-likeness (QED) is 0.663. The van der Waals surface area contributed by atoms with Crippen molar-refractivity contribution in [3.63, 3.8) is 0 Å². The molecule has 19 heavy (non-hydrogen) atoms. The van der Waals surface area contributed by atoms with Crippen molar-refractivity contribution in [1.29, 1.82) is 0 Å². The molecule has 0 aliphatic heterocycles. The molecule has 0 saturated carbocycles. The molecule has 4 heteroatoms. The fraction of sp³-hybridized carbons (Fsp3) is 0.133. The number of hydrogen-bond donors (Lipinski definition) is 0. The van der Waals surface area contributed by atoms with Crippen LogP contribution in [-0.4, -0.2) is 11.6 Å². The lowest BCUT2D eigenvalue weighted by Crippen LogP contribution is -1.93. The molecule has 0 bridgehead atoms. The summed E-state index contributed by atoms with van der Waals surface area (Å²) in [6.45, 7) is 2.64. The first-order valence-electron chi connectivity index (χ1n) is 6.06. The third kappa shape index (κ3) is 2.51. The SMILES string of the molecule is CCOc1ccc(Br)cc1-c1nc2ccccc2s1. The van der Waals surface area contributed by atoms with Gasteiger partial charge in [0.25, 0.3) is 0 Å². The topological polar surface area (TPSA) is 22.1 Å². The maximum absolute atomic E-state index is 5.69. The van der Waals surface area contributed by atoms with Crippen molar-refractivity contribution in [1.82, 2.24) is 4.98 Å². The fourth-order valence-corrected chi connectivity index (χ4v) is 3.29. The molecule has 1 heterocycles. The zero-order valence-corrected chi connectivity index (χ0v) is 12.8. The van der Waals surface area contributed by atoms with E-state index in [1.165, 1.54) is 4.70 Å². The van der Waals surface area contributed by atoms with E-state index >= 15 is 0 Å². The van der Waals surface area contributed by atoms with Crippen LogP contribution >= 0.6 is 27.3 Å². The van der Waals surface area contributed by atoms with Gasteiger partial charge in [-0.2, -0.15) is 0 Å². The van der Waals surface area contributed by atoms with Gasteiger partial charge < -0.3 is 4.74 Å². The summed E-state index contributed by atoms with van der Waals surface area (Å²) in [4.78, 5) is 4.68. The first-order valence-corrected chi connectivity index (χ1v) is 7.67. The molecule has 1 aromatic heterocycles. The minimum atomic E-state index is 0.652. The van der Waals surface area contributed by atoms with E-state index in [0.717, 1.165) is 26.3 Å². The second kappa shape index (κ2) is 5.31. The first-order chi connectivity index (χ1) is 9.28. The van der Waals surface area contributed by atoms with Gasteiger partial charge in [0.15, 0.2) is 0 Å². The van der Waals surface area contributed by atoms with Crippen LogP contribution in [0.5, 0.6) is 5.75 Å². The van der Waals surface area contributed by atoms with Crippen LogP contribution in [0.25, 0.3) is 20.8 Å². The maximum atomic E-state index is 5.69. The van der Waals surface area contributed by atoms with E-state index in [0.29, 0.717) is 6.61 Å². The number of thiazole rings is 1. The molecule has 0 amide bonds. The lowest BCUT2D eigenvalue weighted by atomic mass is 10.2. The number of para-hydroxylation sites is 1. The molecular weight excluding hydrogens is 322 g/mol.